The van der Waals surface area contributed by atoms with Crippen molar-refractivity contribution in [3.05, 3.63) is 58.1 Å². The number of hydrogen-bond acceptors (Lipinski definition) is 6. The van der Waals surface area contributed by atoms with E-state index in [-0.39, 0.29) is 0 Å². The van der Waals surface area contributed by atoms with Crippen molar-refractivity contribution < 1.29 is 0 Å². The van der Waals surface area contributed by atoms with Gasteiger partial charge in [0.15, 0.2) is 0 Å². The molecule has 1 fully saturated rings. The molecule has 0 aliphatic carbocycles. The maximum Gasteiger partial charge on any atom is 0.105 e. The molecule has 1 aliphatic heterocycles. The molecule has 6 heteroatoms. The summed E-state index contributed by atoms with van der Waals surface area (Å²) in [6.07, 6.45) is 0. The summed E-state index contributed by atoms with van der Waals surface area (Å²) in [5.74, 6) is 0. The summed E-state index contributed by atoms with van der Waals surface area (Å²) in [6.45, 7) is 11.9. The van der Waals surface area contributed by atoms with E-state index < -0.39 is 0 Å². The van der Waals surface area contributed by atoms with E-state index in [0.717, 1.165) is 56.8 Å². The normalized spacial score (nSPS) is 16.1. The van der Waals surface area contributed by atoms with E-state index in [2.05, 4.69) is 75.1 Å². The van der Waals surface area contributed by atoms with Gasteiger partial charge < -0.3 is 10.2 Å². The van der Waals surface area contributed by atoms with Gasteiger partial charge in [0, 0.05) is 45.8 Å². The van der Waals surface area contributed by atoms with Crippen molar-refractivity contribution in [3.63, 3.8) is 0 Å². The molecule has 0 bridgehead atoms. The summed E-state index contributed by atoms with van der Waals surface area (Å²) < 4.78 is 8.61. The molecule has 0 amide bonds. The summed E-state index contributed by atoms with van der Waals surface area (Å²) in [5.41, 5.74) is 8.85. The lowest BCUT2D eigenvalue weighted by molar-refractivity contribution is 0.148. The Balaban J connectivity index is 1.39. The first-order valence-corrected chi connectivity index (χ1v) is 10.7. The fourth-order valence-electron chi connectivity index (χ4n) is 3.83. The average molecular weight is 396 g/mol. The number of piperazine rings is 1. The summed E-state index contributed by atoms with van der Waals surface area (Å²) in [4.78, 5) is 4.98. The third kappa shape index (κ3) is 4.58. The van der Waals surface area contributed by atoms with Gasteiger partial charge in [0.25, 0.3) is 0 Å². The topological polar surface area (TPSA) is 44.3 Å². The Morgan fingerprint density at radius 1 is 0.893 bits per heavy atom. The number of nitrogens with zero attached hydrogens (tertiary/aromatic N) is 4. The minimum Gasteiger partial charge on any atom is -0.309 e. The molecular formula is C22H29N5S. The molecule has 0 saturated carbocycles. The van der Waals surface area contributed by atoms with Gasteiger partial charge in [-0.05, 0) is 60.8 Å². The van der Waals surface area contributed by atoms with Crippen LogP contribution in [0.5, 0.6) is 0 Å². The molecule has 0 spiro atoms. The average Bonchev–Trinajstić information content (AvgIpc) is 3.15. The molecule has 0 radical (unpaired) electrons. The molecule has 5 nitrogen and oxygen atoms in total. The summed E-state index contributed by atoms with van der Waals surface area (Å²) in [5, 5.41) is 3.61. The first-order chi connectivity index (χ1) is 13.6. The van der Waals surface area contributed by atoms with Crippen molar-refractivity contribution in [3.8, 4) is 0 Å². The largest absolute Gasteiger partial charge is 0.309 e. The number of rotatable bonds is 6. The monoisotopic (exact) mass is 395 g/mol. The van der Waals surface area contributed by atoms with Crippen LogP contribution in [0.1, 0.15) is 27.8 Å². The zero-order chi connectivity index (χ0) is 19.5. The summed E-state index contributed by atoms with van der Waals surface area (Å²) in [6, 6.07) is 11.1. The molecule has 2 aromatic carbocycles. The van der Waals surface area contributed by atoms with E-state index in [4.69, 9.17) is 0 Å². The second-order valence-electron chi connectivity index (χ2n) is 7.98. The van der Waals surface area contributed by atoms with E-state index in [1.54, 1.807) is 0 Å². The fraction of sp³-hybridized carbons (Fsp3) is 0.455. The number of nitrogens with one attached hydrogen (secondary N) is 1. The van der Waals surface area contributed by atoms with Crippen LogP contribution in [0.15, 0.2) is 30.3 Å². The third-order valence-corrected chi connectivity index (χ3v) is 6.30. The van der Waals surface area contributed by atoms with E-state index in [1.807, 2.05) is 0 Å². The van der Waals surface area contributed by atoms with Gasteiger partial charge >= 0.3 is 0 Å². The lowest BCUT2D eigenvalue weighted by atomic mass is 9.99. The number of aryl methyl sites for hydroxylation is 2. The van der Waals surface area contributed by atoms with Crippen molar-refractivity contribution >= 4 is 22.8 Å². The molecule has 1 N–H and O–H groups in total. The molecular weight excluding hydrogens is 366 g/mol. The van der Waals surface area contributed by atoms with Crippen molar-refractivity contribution in [1.29, 1.82) is 0 Å². The van der Waals surface area contributed by atoms with Crippen molar-refractivity contribution in [1.82, 2.24) is 23.9 Å². The maximum absolute atomic E-state index is 4.34. The second kappa shape index (κ2) is 8.66. The van der Waals surface area contributed by atoms with Crippen LogP contribution in [0.2, 0.25) is 0 Å². The highest BCUT2D eigenvalue weighted by atomic mass is 32.1. The molecule has 28 heavy (non-hydrogen) atoms. The molecule has 0 atom stereocenters. The zero-order valence-corrected chi connectivity index (χ0v) is 17.9. The number of aromatic nitrogens is 2. The summed E-state index contributed by atoms with van der Waals surface area (Å²) >= 11 is 1.27. The minimum atomic E-state index is 0.842. The van der Waals surface area contributed by atoms with E-state index in [9.17, 15) is 0 Å². The number of hydrogen-bond donors (Lipinski definition) is 1. The van der Waals surface area contributed by atoms with Gasteiger partial charge in [0.1, 0.15) is 11.0 Å². The van der Waals surface area contributed by atoms with Gasteiger partial charge in [-0.1, -0.05) is 18.2 Å². The lowest BCUT2D eigenvalue weighted by Crippen LogP contribution is -2.44. The van der Waals surface area contributed by atoms with Crippen LogP contribution in [0.3, 0.4) is 0 Å². The Hall–Kier alpha value is -1.86. The first kappa shape index (κ1) is 19.5. The van der Waals surface area contributed by atoms with Crippen LogP contribution in [0.25, 0.3) is 11.0 Å². The van der Waals surface area contributed by atoms with Gasteiger partial charge in [-0.25, -0.2) is 0 Å². The van der Waals surface area contributed by atoms with Gasteiger partial charge in [-0.2, -0.15) is 8.75 Å². The molecule has 1 aromatic heterocycles. The molecule has 2 heterocycles. The first-order valence-electron chi connectivity index (χ1n) is 10.0. The van der Waals surface area contributed by atoms with Crippen LogP contribution in [-0.4, -0.2) is 51.8 Å². The predicted molar refractivity (Wildman–Crippen MR) is 117 cm³/mol. The number of likely N-dealkylation sites (N-methyl/N-ethyl adjacent to an activating group) is 1. The van der Waals surface area contributed by atoms with Crippen molar-refractivity contribution in [2.45, 2.75) is 33.5 Å². The van der Waals surface area contributed by atoms with Crippen molar-refractivity contribution in [2.24, 2.45) is 0 Å². The minimum absolute atomic E-state index is 0.842. The molecule has 148 valence electrons. The molecule has 1 aliphatic rings. The van der Waals surface area contributed by atoms with Gasteiger partial charge in [0.2, 0.25) is 0 Å². The SMILES string of the molecule is Cc1cc(C)c(CN2CCN(C)CC2)cc1CNCc1ccc2nsnc2c1. The smallest absolute Gasteiger partial charge is 0.105 e. The lowest BCUT2D eigenvalue weighted by Gasteiger charge is -2.32. The van der Waals surface area contributed by atoms with Gasteiger partial charge in [0.05, 0.1) is 11.7 Å². The van der Waals surface area contributed by atoms with Crippen LogP contribution in [-0.2, 0) is 19.6 Å². The quantitative estimate of drug-likeness (QED) is 0.693. The highest BCUT2D eigenvalue weighted by molar-refractivity contribution is 7.00. The van der Waals surface area contributed by atoms with Crippen LogP contribution < -0.4 is 5.32 Å². The highest BCUT2D eigenvalue weighted by Gasteiger charge is 2.15. The van der Waals surface area contributed by atoms with Crippen LogP contribution >= 0.6 is 11.7 Å². The number of benzene rings is 2. The maximum atomic E-state index is 4.34. The van der Waals surface area contributed by atoms with Gasteiger partial charge in [-0.15, -0.1) is 0 Å². The highest BCUT2D eigenvalue weighted by Crippen LogP contribution is 2.19. The zero-order valence-electron chi connectivity index (χ0n) is 17.0. The van der Waals surface area contributed by atoms with Crippen molar-refractivity contribution in [2.75, 3.05) is 33.2 Å². The Bertz CT molecular complexity index is 943. The Kier molecular flexibility index (Phi) is 6.01. The van der Waals surface area contributed by atoms with E-state index in [0.29, 0.717) is 0 Å². The van der Waals surface area contributed by atoms with Gasteiger partial charge in [-0.3, -0.25) is 4.90 Å². The summed E-state index contributed by atoms with van der Waals surface area (Å²) in [7, 11) is 2.21. The fourth-order valence-corrected chi connectivity index (χ4v) is 4.35. The Morgan fingerprint density at radius 2 is 1.64 bits per heavy atom. The molecule has 4 rings (SSSR count). The predicted octanol–water partition coefficient (Wildman–Crippen LogP) is 3.35. The Morgan fingerprint density at radius 3 is 2.46 bits per heavy atom. The molecule has 0 unspecified atom stereocenters. The van der Waals surface area contributed by atoms with Crippen LogP contribution in [0, 0.1) is 13.8 Å². The Labute approximate surface area is 171 Å². The number of fused-ring (bicyclic) bond motifs is 1. The standard InChI is InChI=1S/C22H29N5S/c1-16-10-17(2)20(15-27-8-6-26(3)7-9-27)12-19(16)14-23-13-18-4-5-21-22(11-18)25-28-24-21/h4-5,10-12,23H,6-9,13-15H2,1-3H3. The third-order valence-electron chi connectivity index (χ3n) is 5.75. The van der Waals surface area contributed by atoms with E-state index >= 15 is 0 Å². The van der Waals surface area contributed by atoms with Crippen LogP contribution in [0.4, 0.5) is 0 Å². The molecule has 3 aromatic rings. The molecule has 1 saturated heterocycles. The van der Waals surface area contributed by atoms with E-state index in [1.165, 1.54) is 39.5 Å². The second-order valence-corrected chi connectivity index (χ2v) is 8.50.